The van der Waals surface area contributed by atoms with Crippen LogP contribution in [0.5, 0.6) is 0 Å². The first kappa shape index (κ1) is 13.3. The molecular formula is C13H16N4O2. The Balaban J connectivity index is 2.29. The molecule has 1 atom stereocenters. The first-order chi connectivity index (χ1) is 9.15. The summed E-state index contributed by atoms with van der Waals surface area (Å²) in [7, 11) is 1.93. The fourth-order valence-corrected chi connectivity index (χ4v) is 2.43. The number of anilines is 1. The Hall–Kier alpha value is -2.13. The number of piperidine rings is 1. The summed E-state index contributed by atoms with van der Waals surface area (Å²) >= 11 is 0. The van der Waals surface area contributed by atoms with Crippen LogP contribution in [0.2, 0.25) is 0 Å². The maximum atomic E-state index is 10.7. The number of nitrogens with zero attached hydrogens (tertiary/aromatic N) is 3. The van der Waals surface area contributed by atoms with Crippen molar-refractivity contribution < 1.29 is 4.92 Å². The number of rotatable bonds is 3. The topological polar surface area (TPSA) is 82.2 Å². The molecule has 100 valence electrons. The molecule has 19 heavy (non-hydrogen) atoms. The highest BCUT2D eigenvalue weighted by molar-refractivity contribution is 5.63. The van der Waals surface area contributed by atoms with Crippen molar-refractivity contribution in [1.29, 1.82) is 5.26 Å². The molecule has 1 unspecified atom stereocenters. The lowest BCUT2D eigenvalue weighted by molar-refractivity contribution is -0.384. The third kappa shape index (κ3) is 2.83. The lowest BCUT2D eigenvalue weighted by atomic mass is 10.0. The van der Waals surface area contributed by atoms with Gasteiger partial charge in [0.15, 0.2) is 0 Å². The van der Waals surface area contributed by atoms with Gasteiger partial charge in [0.1, 0.15) is 6.07 Å². The van der Waals surface area contributed by atoms with E-state index in [2.05, 4.69) is 16.3 Å². The molecule has 6 nitrogen and oxygen atoms in total. The fraction of sp³-hybridized carbons (Fsp3) is 0.462. The molecule has 1 heterocycles. The number of non-ortho nitro benzene ring substituents is 1. The lowest BCUT2D eigenvalue weighted by Gasteiger charge is -2.34. The van der Waals surface area contributed by atoms with Gasteiger partial charge in [-0.3, -0.25) is 10.1 Å². The van der Waals surface area contributed by atoms with Gasteiger partial charge in [-0.05, 0) is 26.0 Å². The number of benzene rings is 1. The minimum Gasteiger partial charge on any atom is -0.369 e. The average molecular weight is 260 g/mol. The van der Waals surface area contributed by atoms with E-state index in [9.17, 15) is 10.1 Å². The molecule has 1 N–H and O–H groups in total. The summed E-state index contributed by atoms with van der Waals surface area (Å²) in [5.74, 6) is 0. The first-order valence-corrected chi connectivity index (χ1v) is 6.26. The number of nitriles is 1. The molecule has 0 spiro atoms. The molecule has 0 saturated carbocycles. The van der Waals surface area contributed by atoms with Crippen molar-refractivity contribution in [2.24, 2.45) is 0 Å². The van der Waals surface area contributed by atoms with Crippen molar-refractivity contribution in [2.75, 3.05) is 25.0 Å². The van der Waals surface area contributed by atoms with E-state index < -0.39 is 4.92 Å². The summed E-state index contributed by atoms with van der Waals surface area (Å²) in [6.45, 7) is 1.70. The predicted molar refractivity (Wildman–Crippen MR) is 72.1 cm³/mol. The predicted octanol–water partition coefficient (Wildman–Crippen LogP) is 1.65. The lowest BCUT2D eigenvalue weighted by Crippen LogP contribution is -2.44. The van der Waals surface area contributed by atoms with Crippen LogP contribution in [-0.2, 0) is 0 Å². The van der Waals surface area contributed by atoms with E-state index in [4.69, 9.17) is 5.26 Å². The second-order valence-corrected chi connectivity index (χ2v) is 4.64. The van der Waals surface area contributed by atoms with E-state index in [1.54, 1.807) is 6.07 Å². The zero-order valence-electron chi connectivity index (χ0n) is 10.8. The standard InChI is InChI=1S/C13H16N4O2/c1-15-11-3-2-6-16(9-11)13-5-4-12(17(18)19)7-10(13)8-14/h4-5,7,11,15H,2-3,6,9H2,1H3. The first-order valence-electron chi connectivity index (χ1n) is 6.26. The van der Waals surface area contributed by atoms with Crippen molar-refractivity contribution >= 4 is 11.4 Å². The van der Waals surface area contributed by atoms with Crippen molar-refractivity contribution in [1.82, 2.24) is 5.32 Å². The molecule has 2 rings (SSSR count). The van der Waals surface area contributed by atoms with Crippen LogP contribution in [0, 0.1) is 21.4 Å². The number of nitro groups is 1. The van der Waals surface area contributed by atoms with Crippen LogP contribution in [-0.4, -0.2) is 31.1 Å². The molecule has 0 radical (unpaired) electrons. The van der Waals surface area contributed by atoms with Crippen LogP contribution in [0.25, 0.3) is 0 Å². The van der Waals surface area contributed by atoms with Gasteiger partial charge in [0.25, 0.3) is 5.69 Å². The maximum absolute atomic E-state index is 10.7. The SMILES string of the molecule is CNC1CCCN(c2ccc([N+](=O)[O-])cc2C#N)C1. The van der Waals surface area contributed by atoms with Gasteiger partial charge in [-0.1, -0.05) is 0 Å². The Kier molecular flexibility index (Phi) is 3.97. The highest BCUT2D eigenvalue weighted by atomic mass is 16.6. The molecule has 1 saturated heterocycles. The van der Waals surface area contributed by atoms with E-state index in [1.165, 1.54) is 12.1 Å². The van der Waals surface area contributed by atoms with Crippen molar-refractivity contribution in [3.05, 3.63) is 33.9 Å². The largest absolute Gasteiger partial charge is 0.369 e. The van der Waals surface area contributed by atoms with Gasteiger partial charge in [0, 0.05) is 31.3 Å². The van der Waals surface area contributed by atoms with Gasteiger partial charge < -0.3 is 10.2 Å². The number of likely N-dealkylation sites (N-methyl/N-ethyl adjacent to an activating group) is 1. The van der Waals surface area contributed by atoms with Gasteiger partial charge in [0.2, 0.25) is 0 Å². The summed E-state index contributed by atoms with van der Waals surface area (Å²) < 4.78 is 0. The molecule has 6 heteroatoms. The Morgan fingerprint density at radius 1 is 1.58 bits per heavy atom. The maximum Gasteiger partial charge on any atom is 0.270 e. The Labute approximate surface area is 111 Å². The molecule has 0 bridgehead atoms. The van der Waals surface area contributed by atoms with Gasteiger partial charge in [-0.2, -0.15) is 5.26 Å². The zero-order valence-corrected chi connectivity index (χ0v) is 10.8. The van der Waals surface area contributed by atoms with E-state index in [-0.39, 0.29) is 5.69 Å². The molecule has 0 amide bonds. The van der Waals surface area contributed by atoms with Crippen LogP contribution < -0.4 is 10.2 Å². The second kappa shape index (κ2) is 5.67. The summed E-state index contributed by atoms with van der Waals surface area (Å²) in [4.78, 5) is 12.4. The summed E-state index contributed by atoms with van der Waals surface area (Å²) in [5, 5.41) is 23.1. The van der Waals surface area contributed by atoms with Gasteiger partial charge in [-0.25, -0.2) is 0 Å². The summed E-state index contributed by atoms with van der Waals surface area (Å²) in [5.41, 5.74) is 1.11. The van der Waals surface area contributed by atoms with Crippen LogP contribution in [0.4, 0.5) is 11.4 Å². The normalized spacial score (nSPS) is 18.9. The van der Waals surface area contributed by atoms with Gasteiger partial charge >= 0.3 is 0 Å². The molecule has 0 aromatic heterocycles. The van der Waals surface area contributed by atoms with E-state index in [0.717, 1.165) is 31.6 Å². The summed E-state index contributed by atoms with van der Waals surface area (Å²) in [6.07, 6.45) is 2.16. The van der Waals surface area contributed by atoms with Crippen molar-refractivity contribution in [3.63, 3.8) is 0 Å². The van der Waals surface area contributed by atoms with Crippen LogP contribution >= 0.6 is 0 Å². The highest BCUT2D eigenvalue weighted by Crippen LogP contribution is 2.27. The van der Waals surface area contributed by atoms with Crippen molar-refractivity contribution in [3.8, 4) is 6.07 Å². The smallest absolute Gasteiger partial charge is 0.270 e. The molecule has 1 aromatic rings. The third-order valence-corrected chi connectivity index (χ3v) is 3.48. The van der Waals surface area contributed by atoms with E-state index in [0.29, 0.717) is 11.6 Å². The molecule has 0 aliphatic carbocycles. The zero-order chi connectivity index (χ0) is 13.8. The van der Waals surface area contributed by atoms with Crippen LogP contribution in [0.1, 0.15) is 18.4 Å². The van der Waals surface area contributed by atoms with Gasteiger partial charge in [-0.15, -0.1) is 0 Å². The average Bonchev–Trinajstić information content (AvgIpc) is 2.46. The number of hydrogen-bond donors (Lipinski definition) is 1. The minimum atomic E-state index is -0.475. The second-order valence-electron chi connectivity index (χ2n) is 4.64. The monoisotopic (exact) mass is 260 g/mol. The van der Waals surface area contributed by atoms with Crippen LogP contribution in [0.15, 0.2) is 18.2 Å². The molecule has 1 aromatic carbocycles. The van der Waals surface area contributed by atoms with Gasteiger partial charge in [0.05, 0.1) is 16.2 Å². The third-order valence-electron chi connectivity index (χ3n) is 3.48. The van der Waals surface area contributed by atoms with Crippen LogP contribution in [0.3, 0.4) is 0 Å². The molecule has 1 aliphatic rings. The number of nitro benzene ring substituents is 1. The molecule has 1 aliphatic heterocycles. The van der Waals surface area contributed by atoms with Crippen molar-refractivity contribution in [2.45, 2.75) is 18.9 Å². The quantitative estimate of drug-likeness (QED) is 0.660. The molecule has 1 fully saturated rings. The highest BCUT2D eigenvalue weighted by Gasteiger charge is 2.22. The van der Waals surface area contributed by atoms with E-state index in [1.807, 2.05) is 7.05 Å². The summed E-state index contributed by atoms with van der Waals surface area (Å²) in [6, 6.07) is 6.93. The number of hydrogen-bond acceptors (Lipinski definition) is 5. The fourth-order valence-electron chi connectivity index (χ4n) is 2.43. The Morgan fingerprint density at radius 2 is 2.37 bits per heavy atom. The van der Waals surface area contributed by atoms with E-state index >= 15 is 0 Å². The Morgan fingerprint density at radius 3 is 3.00 bits per heavy atom. The minimum absolute atomic E-state index is 0.0394. The number of nitrogens with one attached hydrogen (secondary N) is 1. The Bertz CT molecular complexity index is 524. The molecular weight excluding hydrogens is 244 g/mol.